The van der Waals surface area contributed by atoms with Crippen LogP contribution in [0.5, 0.6) is 0 Å². The number of aliphatic hydroxyl groups is 2. The Kier molecular flexibility index (Phi) is 5.45. The van der Waals surface area contributed by atoms with Gasteiger partial charge in [0.1, 0.15) is 0 Å². The van der Waals surface area contributed by atoms with Crippen molar-refractivity contribution in [2.45, 2.75) is 63.7 Å². The summed E-state index contributed by atoms with van der Waals surface area (Å²) in [6.07, 6.45) is 5.66. The molecule has 3 unspecified atom stereocenters. The van der Waals surface area contributed by atoms with Crippen LogP contribution in [0.15, 0.2) is 0 Å². The number of aliphatic hydroxyl groups excluding tert-OH is 2. The van der Waals surface area contributed by atoms with Gasteiger partial charge in [-0.2, -0.15) is 0 Å². The molecule has 1 aliphatic carbocycles. The van der Waals surface area contributed by atoms with E-state index in [2.05, 4.69) is 12.2 Å². The maximum atomic E-state index is 9.67. The number of nitrogens with one attached hydrogen (secondary N) is 1. The zero-order valence-electron chi connectivity index (χ0n) is 9.08. The van der Waals surface area contributed by atoms with Crippen LogP contribution in [-0.2, 0) is 0 Å². The van der Waals surface area contributed by atoms with E-state index in [1.165, 1.54) is 6.42 Å². The molecule has 1 rings (SSSR count). The fraction of sp³-hybridized carbons (Fsp3) is 1.00. The number of hydrogen-bond donors (Lipinski definition) is 3. The van der Waals surface area contributed by atoms with Crippen LogP contribution in [-0.4, -0.2) is 35.0 Å². The lowest BCUT2D eigenvalue weighted by Crippen LogP contribution is -2.44. The van der Waals surface area contributed by atoms with Gasteiger partial charge < -0.3 is 15.5 Å². The Morgan fingerprint density at radius 1 is 1.36 bits per heavy atom. The molecule has 0 saturated heterocycles. The lowest BCUT2D eigenvalue weighted by atomic mass is 9.92. The minimum atomic E-state index is -0.255. The van der Waals surface area contributed by atoms with Crippen LogP contribution in [0.3, 0.4) is 0 Å². The third-order valence-electron chi connectivity index (χ3n) is 2.97. The summed E-state index contributed by atoms with van der Waals surface area (Å²) >= 11 is 0. The molecule has 14 heavy (non-hydrogen) atoms. The third-order valence-corrected chi connectivity index (χ3v) is 2.97. The average Bonchev–Trinajstić information content (AvgIpc) is 2.17. The summed E-state index contributed by atoms with van der Waals surface area (Å²) in [4.78, 5) is 0. The summed E-state index contributed by atoms with van der Waals surface area (Å²) in [5.41, 5.74) is 0. The van der Waals surface area contributed by atoms with Crippen LogP contribution >= 0.6 is 0 Å². The summed E-state index contributed by atoms with van der Waals surface area (Å²) in [6, 6.07) is 0.204. The Balaban J connectivity index is 2.15. The van der Waals surface area contributed by atoms with Gasteiger partial charge in [-0.05, 0) is 19.3 Å². The molecule has 84 valence electrons. The molecular weight excluding hydrogens is 178 g/mol. The van der Waals surface area contributed by atoms with E-state index in [0.29, 0.717) is 6.54 Å². The van der Waals surface area contributed by atoms with Gasteiger partial charge in [-0.1, -0.05) is 26.2 Å². The maximum Gasteiger partial charge on any atom is 0.0693 e. The Labute approximate surface area is 86.5 Å². The van der Waals surface area contributed by atoms with Crippen molar-refractivity contribution in [2.24, 2.45) is 0 Å². The molecule has 1 saturated carbocycles. The lowest BCUT2D eigenvalue weighted by molar-refractivity contribution is 0.0784. The monoisotopic (exact) mass is 201 g/mol. The largest absolute Gasteiger partial charge is 0.392 e. The highest BCUT2D eigenvalue weighted by atomic mass is 16.3. The van der Waals surface area contributed by atoms with Crippen molar-refractivity contribution in [3.63, 3.8) is 0 Å². The van der Waals surface area contributed by atoms with E-state index >= 15 is 0 Å². The molecule has 0 aromatic carbocycles. The maximum absolute atomic E-state index is 9.67. The van der Waals surface area contributed by atoms with Crippen molar-refractivity contribution in [3.05, 3.63) is 0 Å². The Hall–Kier alpha value is -0.120. The highest BCUT2D eigenvalue weighted by Gasteiger charge is 2.22. The van der Waals surface area contributed by atoms with Gasteiger partial charge in [0, 0.05) is 12.6 Å². The number of hydrogen-bond acceptors (Lipinski definition) is 3. The zero-order valence-corrected chi connectivity index (χ0v) is 9.08. The molecule has 0 radical (unpaired) electrons. The molecule has 0 aromatic heterocycles. The second kappa shape index (κ2) is 6.38. The van der Waals surface area contributed by atoms with Gasteiger partial charge in [0.2, 0.25) is 0 Å². The quantitative estimate of drug-likeness (QED) is 0.623. The van der Waals surface area contributed by atoms with Crippen LogP contribution in [0, 0.1) is 0 Å². The standard InChI is InChI=1S/C11H23NO2/c1-2-5-9(13)8-12-10-6-3-4-7-11(10)14/h9-14H,2-8H2,1H3. The van der Waals surface area contributed by atoms with Crippen molar-refractivity contribution in [3.8, 4) is 0 Å². The van der Waals surface area contributed by atoms with Crippen molar-refractivity contribution < 1.29 is 10.2 Å². The van der Waals surface area contributed by atoms with E-state index in [4.69, 9.17) is 0 Å². The molecule has 3 N–H and O–H groups in total. The fourth-order valence-corrected chi connectivity index (χ4v) is 2.07. The first-order valence-corrected chi connectivity index (χ1v) is 5.83. The highest BCUT2D eigenvalue weighted by Crippen LogP contribution is 2.18. The molecule has 0 aromatic rings. The topological polar surface area (TPSA) is 52.5 Å². The summed E-state index contributed by atoms with van der Waals surface area (Å²) in [7, 11) is 0. The number of rotatable bonds is 5. The van der Waals surface area contributed by atoms with E-state index in [1.54, 1.807) is 0 Å². The van der Waals surface area contributed by atoms with Gasteiger partial charge in [0.15, 0.2) is 0 Å². The first-order chi connectivity index (χ1) is 6.74. The minimum absolute atomic E-state index is 0.204. The van der Waals surface area contributed by atoms with Crippen molar-refractivity contribution in [1.82, 2.24) is 5.32 Å². The summed E-state index contributed by atoms with van der Waals surface area (Å²) in [5.74, 6) is 0. The molecule has 0 amide bonds. The van der Waals surface area contributed by atoms with E-state index in [-0.39, 0.29) is 18.2 Å². The van der Waals surface area contributed by atoms with Gasteiger partial charge >= 0.3 is 0 Å². The van der Waals surface area contributed by atoms with E-state index < -0.39 is 0 Å². The molecule has 0 bridgehead atoms. The minimum Gasteiger partial charge on any atom is -0.392 e. The van der Waals surface area contributed by atoms with Crippen LogP contribution in [0.25, 0.3) is 0 Å². The smallest absolute Gasteiger partial charge is 0.0693 e. The van der Waals surface area contributed by atoms with Crippen molar-refractivity contribution >= 4 is 0 Å². The second-order valence-electron chi connectivity index (χ2n) is 4.31. The Morgan fingerprint density at radius 3 is 2.71 bits per heavy atom. The summed E-state index contributed by atoms with van der Waals surface area (Å²) in [5, 5.41) is 22.4. The van der Waals surface area contributed by atoms with Crippen LogP contribution < -0.4 is 5.32 Å². The first-order valence-electron chi connectivity index (χ1n) is 5.83. The van der Waals surface area contributed by atoms with Crippen LogP contribution in [0.4, 0.5) is 0 Å². The van der Waals surface area contributed by atoms with Gasteiger partial charge in [-0.15, -0.1) is 0 Å². The molecule has 0 spiro atoms. The molecule has 3 heteroatoms. The van der Waals surface area contributed by atoms with Crippen molar-refractivity contribution in [1.29, 1.82) is 0 Å². The first kappa shape index (κ1) is 12.0. The van der Waals surface area contributed by atoms with E-state index in [1.807, 2.05) is 0 Å². The third kappa shape index (κ3) is 3.95. The Bertz CT molecular complexity index is 152. The molecule has 3 atom stereocenters. The predicted octanol–water partition coefficient (Wildman–Crippen LogP) is 1.04. The summed E-state index contributed by atoms with van der Waals surface area (Å²) in [6.45, 7) is 2.69. The SMILES string of the molecule is CCCC(O)CNC1CCCCC1O. The fourth-order valence-electron chi connectivity index (χ4n) is 2.07. The molecule has 0 aliphatic heterocycles. The van der Waals surface area contributed by atoms with E-state index in [0.717, 1.165) is 32.1 Å². The molecule has 1 fully saturated rings. The zero-order chi connectivity index (χ0) is 10.4. The second-order valence-corrected chi connectivity index (χ2v) is 4.31. The molecule has 1 aliphatic rings. The highest BCUT2D eigenvalue weighted by molar-refractivity contribution is 4.80. The lowest BCUT2D eigenvalue weighted by Gasteiger charge is -2.29. The average molecular weight is 201 g/mol. The summed E-state index contributed by atoms with van der Waals surface area (Å²) < 4.78 is 0. The molecule has 0 heterocycles. The predicted molar refractivity (Wildman–Crippen MR) is 57.2 cm³/mol. The Morgan fingerprint density at radius 2 is 2.07 bits per heavy atom. The van der Waals surface area contributed by atoms with Gasteiger partial charge in [0.05, 0.1) is 12.2 Å². The normalized spacial score (nSPS) is 30.2. The van der Waals surface area contributed by atoms with E-state index in [9.17, 15) is 10.2 Å². The van der Waals surface area contributed by atoms with Crippen LogP contribution in [0.1, 0.15) is 45.4 Å². The van der Waals surface area contributed by atoms with Crippen LogP contribution in [0.2, 0.25) is 0 Å². The van der Waals surface area contributed by atoms with Gasteiger partial charge in [0.25, 0.3) is 0 Å². The molecular formula is C11H23NO2. The van der Waals surface area contributed by atoms with Gasteiger partial charge in [-0.3, -0.25) is 0 Å². The molecule has 3 nitrogen and oxygen atoms in total. The van der Waals surface area contributed by atoms with Gasteiger partial charge in [-0.25, -0.2) is 0 Å². The van der Waals surface area contributed by atoms with Crippen molar-refractivity contribution in [2.75, 3.05) is 6.54 Å².